The number of hydrazone groups is 1. The SMILES string of the molecule is CSC1=NN2C(=c3ccccc3=N[C@H]2c2ccc(OCc3ccccc3)cc2)C(=O)N1. The van der Waals surface area contributed by atoms with Crippen molar-refractivity contribution in [3.05, 3.63) is 101 Å². The molecular formula is C24H20N4O2S. The van der Waals surface area contributed by atoms with E-state index in [9.17, 15) is 4.79 Å². The number of carbonyl (C=O) groups is 1. The van der Waals surface area contributed by atoms with Crippen molar-refractivity contribution in [3.63, 3.8) is 0 Å². The molecule has 2 heterocycles. The highest BCUT2D eigenvalue weighted by atomic mass is 32.2. The van der Waals surface area contributed by atoms with E-state index in [1.54, 1.807) is 5.01 Å². The molecule has 0 fully saturated rings. The van der Waals surface area contributed by atoms with E-state index < -0.39 is 6.17 Å². The Morgan fingerprint density at radius 3 is 2.52 bits per heavy atom. The minimum atomic E-state index is -0.429. The molecule has 0 spiro atoms. The van der Waals surface area contributed by atoms with Crippen molar-refractivity contribution in [2.45, 2.75) is 12.8 Å². The van der Waals surface area contributed by atoms with Gasteiger partial charge in [-0.1, -0.05) is 72.4 Å². The summed E-state index contributed by atoms with van der Waals surface area (Å²) in [6.45, 7) is 0.507. The molecule has 1 N–H and O–H groups in total. The highest BCUT2D eigenvalue weighted by Crippen LogP contribution is 2.31. The summed E-state index contributed by atoms with van der Waals surface area (Å²) in [5.74, 6) is 0.604. The Bertz CT molecular complexity index is 1270. The fraction of sp³-hybridized carbons (Fsp3) is 0.125. The fourth-order valence-electron chi connectivity index (χ4n) is 3.61. The number of nitrogens with zero attached hydrogens (tertiary/aromatic N) is 3. The largest absolute Gasteiger partial charge is 0.489 e. The molecular weight excluding hydrogens is 408 g/mol. The van der Waals surface area contributed by atoms with Gasteiger partial charge in [-0.25, -0.2) is 5.01 Å². The molecule has 5 rings (SSSR count). The number of fused-ring (bicyclic) bond motifs is 2. The van der Waals surface area contributed by atoms with Gasteiger partial charge in [0.1, 0.15) is 18.1 Å². The van der Waals surface area contributed by atoms with E-state index in [2.05, 4.69) is 10.4 Å². The third kappa shape index (κ3) is 3.80. The first-order valence-corrected chi connectivity index (χ1v) is 11.1. The molecule has 6 nitrogen and oxygen atoms in total. The number of hydrogen-bond donors (Lipinski definition) is 1. The van der Waals surface area contributed by atoms with Gasteiger partial charge < -0.3 is 4.74 Å². The molecule has 0 saturated heterocycles. The maximum Gasteiger partial charge on any atom is 0.276 e. The number of hydrogen-bond acceptors (Lipinski definition) is 6. The second-order valence-electron chi connectivity index (χ2n) is 7.12. The molecule has 0 radical (unpaired) electrons. The molecule has 2 aliphatic heterocycles. The van der Waals surface area contributed by atoms with Crippen LogP contribution in [0.1, 0.15) is 17.3 Å². The minimum Gasteiger partial charge on any atom is -0.489 e. The van der Waals surface area contributed by atoms with Crippen LogP contribution in [0.5, 0.6) is 5.75 Å². The molecule has 3 aromatic rings. The standard InChI is InChI=1S/C24H20N4O2S/c1-31-24-26-23(29)21-19-9-5-6-10-20(19)25-22(28(21)27-24)17-11-13-18(14-12-17)30-15-16-7-3-2-4-8-16/h2-14,22H,15H2,1H3,(H,26,27,29)/t22-/m1/s1. The maximum absolute atomic E-state index is 12.9. The maximum atomic E-state index is 12.9. The Morgan fingerprint density at radius 2 is 1.74 bits per heavy atom. The van der Waals surface area contributed by atoms with Crippen LogP contribution in [-0.4, -0.2) is 22.3 Å². The van der Waals surface area contributed by atoms with E-state index in [0.717, 1.165) is 27.5 Å². The van der Waals surface area contributed by atoms with E-state index in [1.807, 2.05) is 85.1 Å². The highest BCUT2D eigenvalue weighted by Gasteiger charge is 2.34. The average Bonchev–Trinajstić information content (AvgIpc) is 2.83. The summed E-state index contributed by atoms with van der Waals surface area (Å²) in [6.07, 6.45) is 1.45. The van der Waals surface area contributed by atoms with Crippen LogP contribution in [-0.2, 0) is 11.4 Å². The second-order valence-corrected chi connectivity index (χ2v) is 7.91. The van der Waals surface area contributed by atoms with Gasteiger partial charge in [0.25, 0.3) is 5.91 Å². The number of amidine groups is 1. The molecule has 31 heavy (non-hydrogen) atoms. The van der Waals surface area contributed by atoms with Gasteiger partial charge in [-0.2, -0.15) is 0 Å². The summed E-state index contributed by atoms with van der Waals surface area (Å²) in [7, 11) is 0. The lowest BCUT2D eigenvalue weighted by Crippen LogP contribution is -2.50. The van der Waals surface area contributed by atoms with E-state index in [-0.39, 0.29) is 5.91 Å². The summed E-state index contributed by atoms with van der Waals surface area (Å²) in [6, 6.07) is 25.5. The predicted molar refractivity (Wildman–Crippen MR) is 122 cm³/mol. The first kappa shape index (κ1) is 19.4. The van der Waals surface area contributed by atoms with Crippen molar-refractivity contribution in [1.82, 2.24) is 10.3 Å². The van der Waals surface area contributed by atoms with Gasteiger partial charge >= 0.3 is 0 Å². The van der Waals surface area contributed by atoms with E-state index in [0.29, 0.717) is 17.5 Å². The number of benzene rings is 3. The Balaban J connectivity index is 1.48. The molecule has 7 heteroatoms. The molecule has 0 unspecified atom stereocenters. The van der Waals surface area contributed by atoms with E-state index in [1.165, 1.54) is 11.8 Å². The van der Waals surface area contributed by atoms with Crippen LogP contribution in [0.3, 0.4) is 0 Å². The number of amides is 1. The molecule has 1 atom stereocenters. The number of rotatable bonds is 4. The van der Waals surface area contributed by atoms with Crippen LogP contribution in [0.2, 0.25) is 0 Å². The van der Waals surface area contributed by atoms with Gasteiger partial charge in [0, 0.05) is 5.22 Å². The minimum absolute atomic E-state index is 0.172. The van der Waals surface area contributed by atoms with Gasteiger partial charge in [-0.3, -0.25) is 15.1 Å². The van der Waals surface area contributed by atoms with Crippen LogP contribution in [0.4, 0.5) is 0 Å². The molecule has 2 aliphatic rings. The van der Waals surface area contributed by atoms with Gasteiger partial charge in [0.2, 0.25) is 0 Å². The third-order valence-electron chi connectivity index (χ3n) is 5.14. The molecule has 1 amide bonds. The van der Waals surface area contributed by atoms with Crippen molar-refractivity contribution in [2.75, 3.05) is 6.26 Å². The summed E-state index contributed by atoms with van der Waals surface area (Å²) in [5, 5.41) is 11.3. The summed E-state index contributed by atoms with van der Waals surface area (Å²) in [4.78, 5) is 17.8. The Kier molecular flexibility index (Phi) is 5.18. The second kappa shape index (κ2) is 8.28. The van der Waals surface area contributed by atoms with Crippen LogP contribution < -0.4 is 20.6 Å². The topological polar surface area (TPSA) is 66.3 Å². The van der Waals surface area contributed by atoms with Gasteiger partial charge in [-0.05, 0) is 35.6 Å². The lowest BCUT2D eigenvalue weighted by Gasteiger charge is -2.33. The number of nitrogens with one attached hydrogen (secondary N) is 1. The smallest absolute Gasteiger partial charge is 0.276 e. The zero-order valence-electron chi connectivity index (χ0n) is 16.9. The van der Waals surface area contributed by atoms with Gasteiger partial charge in [0.15, 0.2) is 11.3 Å². The number of carbonyl (C=O) groups excluding carboxylic acids is 1. The van der Waals surface area contributed by atoms with Crippen molar-refractivity contribution < 1.29 is 9.53 Å². The van der Waals surface area contributed by atoms with Crippen LogP contribution in [0.25, 0.3) is 5.70 Å². The first-order chi connectivity index (χ1) is 15.2. The monoisotopic (exact) mass is 428 g/mol. The van der Waals surface area contributed by atoms with E-state index in [4.69, 9.17) is 9.73 Å². The zero-order valence-corrected chi connectivity index (χ0v) is 17.7. The van der Waals surface area contributed by atoms with Gasteiger partial charge in [0.05, 0.1) is 5.36 Å². The van der Waals surface area contributed by atoms with Crippen molar-refractivity contribution >= 4 is 28.5 Å². The lowest BCUT2D eigenvalue weighted by atomic mass is 10.1. The summed E-state index contributed by atoms with van der Waals surface area (Å²) in [5.41, 5.74) is 2.55. The molecule has 0 aromatic heterocycles. The Labute approximate surface area is 184 Å². The quantitative estimate of drug-likeness (QED) is 0.694. The third-order valence-corrected chi connectivity index (χ3v) is 5.71. The molecule has 0 aliphatic carbocycles. The fourth-order valence-corrected chi connectivity index (χ4v) is 3.98. The number of para-hydroxylation sites is 1. The molecule has 0 saturated carbocycles. The van der Waals surface area contributed by atoms with Crippen molar-refractivity contribution in [3.8, 4) is 5.75 Å². The van der Waals surface area contributed by atoms with Gasteiger partial charge in [-0.15, -0.1) is 5.10 Å². The molecule has 0 bridgehead atoms. The summed E-state index contributed by atoms with van der Waals surface area (Å²) < 4.78 is 5.90. The van der Waals surface area contributed by atoms with E-state index >= 15 is 0 Å². The van der Waals surface area contributed by atoms with Crippen molar-refractivity contribution in [2.24, 2.45) is 10.1 Å². The zero-order chi connectivity index (χ0) is 21.2. The Morgan fingerprint density at radius 1 is 1.00 bits per heavy atom. The number of thioether (sulfide) groups is 1. The normalized spacial score (nSPS) is 17.1. The van der Waals surface area contributed by atoms with Crippen LogP contribution in [0.15, 0.2) is 89.0 Å². The Hall–Kier alpha value is -3.58. The average molecular weight is 429 g/mol. The lowest BCUT2D eigenvalue weighted by molar-refractivity contribution is -0.116. The predicted octanol–water partition coefficient (Wildman–Crippen LogP) is 2.77. The van der Waals surface area contributed by atoms with Crippen LogP contribution >= 0.6 is 11.8 Å². The van der Waals surface area contributed by atoms with Crippen molar-refractivity contribution in [1.29, 1.82) is 0 Å². The molecule has 3 aromatic carbocycles. The molecule has 154 valence electrons. The first-order valence-electron chi connectivity index (χ1n) is 9.90. The number of ether oxygens (including phenoxy) is 1. The van der Waals surface area contributed by atoms with Crippen LogP contribution in [0, 0.1) is 0 Å². The summed E-state index contributed by atoms with van der Waals surface area (Å²) >= 11 is 1.39. The highest BCUT2D eigenvalue weighted by molar-refractivity contribution is 8.13.